The molecule has 0 amide bonds. The number of morpholine rings is 1. The maximum absolute atomic E-state index is 13.7. The molecule has 8 atom stereocenters. The molecule has 6 rings (SSSR count). The Bertz CT molecular complexity index is 1610. The highest BCUT2D eigenvalue weighted by atomic mass is 16.7. The number of nitrogens with zero attached hydrogens (tertiary/aromatic N) is 2. The predicted molar refractivity (Wildman–Crippen MR) is 158 cm³/mol. The van der Waals surface area contributed by atoms with Gasteiger partial charge in [-0.05, 0) is 13.0 Å². The first-order valence-electron chi connectivity index (χ1n) is 15.1. The summed E-state index contributed by atoms with van der Waals surface area (Å²) in [7, 11) is 1.38. The Morgan fingerprint density at radius 1 is 1.24 bits per heavy atom. The maximum atomic E-state index is 13.7. The average Bonchev–Trinajstić information content (AvgIpc) is 3.05. The third-order valence-electron chi connectivity index (χ3n) is 9.68. The number of nitriles is 1. The van der Waals surface area contributed by atoms with Crippen molar-refractivity contribution in [2.75, 3.05) is 33.5 Å². The van der Waals surface area contributed by atoms with Crippen molar-refractivity contribution in [3.05, 3.63) is 51.6 Å². The molecule has 7 N–H and O–H groups in total. The van der Waals surface area contributed by atoms with Crippen molar-refractivity contribution in [2.45, 2.75) is 74.6 Å². The molecule has 2 aromatic carbocycles. The zero-order valence-electron chi connectivity index (χ0n) is 25.3. The summed E-state index contributed by atoms with van der Waals surface area (Å²) in [5.41, 5.74) is -2.80. The van der Waals surface area contributed by atoms with E-state index in [1.54, 1.807) is 19.1 Å². The van der Waals surface area contributed by atoms with E-state index >= 15 is 0 Å². The smallest absolute Gasteiger partial charge is 0.198 e. The van der Waals surface area contributed by atoms with Gasteiger partial charge in [0.05, 0.1) is 79.3 Å². The van der Waals surface area contributed by atoms with Crippen LogP contribution >= 0.6 is 0 Å². The average molecular weight is 640 g/mol. The second kappa shape index (κ2) is 12.2. The molecular formula is C32H37N3O11. The number of nitrogens with one attached hydrogen (secondary N) is 1. The summed E-state index contributed by atoms with van der Waals surface area (Å²) in [5.74, 6) is -1.58. The van der Waals surface area contributed by atoms with Gasteiger partial charge in [0.25, 0.3) is 0 Å². The van der Waals surface area contributed by atoms with Crippen molar-refractivity contribution >= 4 is 11.5 Å². The van der Waals surface area contributed by atoms with E-state index in [0.717, 1.165) is 0 Å². The van der Waals surface area contributed by atoms with E-state index in [4.69, 9.17) is 24.4 Å². The highest BCUT2D eigenvalue weighted by molar-refractivity contribution is 6.32. The molecule has 2 fully saturated rings. The SMILES string of the molecule is COc1cccc2c1C(=N)c1c(O)c3c(c(O)c1C2=O)C[C@@](O)(C(O)CO)CC3OC1CC(N2CCOCC2C#N)C(O)C(C)O1. The number of aromatic hydroxyl groups is 2. The number of hydrogen-bond acceptors (Lipinski definition) is 14. The first-order valence-corrected chi connectivity index (χ1v) is 15.1. The van der Waals surface area contributed by atoms with Gasteiger partial charge in [-0.15, -0.1) is 0 Å². The van der Waals surface area contributed by atoms with Crippen molar-refractivity contribution in [2.24, 2.45) is 0 Å². The number of carbonyl (C=O) groups is 1. The van der Waals surface area contributed by atoms with Crippen LogP contribution in [0.25, 0.3) is 0 Å². The largest absolute Gasteiger partial charge is 0.507 e. The second-order valence-electron chi connectivity index (χ2n) is 12.3. The number of rotatable bonds is 6. The monoisotopic (exact) mass is 639 g/mol. The van der Waals surface area contributed by atoms with Crippen LogP contribution in [0.5, 0.6) is 17.2 Å². The van der Waals surface area contributed by atoms with Gasteiger partial charge >= 0.3 is 0 Å². The van der Waals surface area contributed by atoms with Crippen LogP contribution < -0.4 is 4.74 Å². The molecule has 0 aromatic heterocycles. The third-order valence-corrected chi connectivity index (χ3v) is 9.68. The number of ether oxygens (including phenoxy) is 4. The van der Waals surface area contributed by atoms with Gasteiger partial charge in [-0.3, -0.25) is 15.1 Å². The molecule has 0 saturated carbocycles. The fourth-order valence-corrected chi connectivity index (χ4v) is 7.28. The summed E-state index contributed by atoms with van der Waals surface area (Å²) in [6.45, 7) is 1.73. The van der Waals surface area contributed by atoms with Crippen molar-refractivity contribution < 1.29 is 54.4 Å². The maximum Gasteiger partial charge on any atom is 0.198 e. The summed E-state index contributed by atoms with van der Waals surface area (Å²) < 4.78 is 23.2. The quantitative estimate of drug-likeness (QED) is 0.180. The van der Waals surface area contributed by atoms with Crippen LogP contribution in [0.4, 0.5) is 0 Å². The fraction of sp³-hybridized carbons (Fsp3) is 0.531. The molecule has 2 aliphatic carbocycles. The van der Waals surface area contributed by atoms with E-state index in [9.17, 15) is 40.7 Å². The normalized spacial score (nSPS) is 31.8. The fourth-order valence-electron chi connectivity index (χ4n) is 7.28. The van der Waals surface area contributed by atoms with Gasteiger partial charge in [0.2, 0.25) is 0 Å². The van der Waals surface area contributed by atoms with Crippen molar-refractivity contribution in [1.29, 1.82) is 10.7 Å². The number of hydrogen-bond donors (Lipinski definition) is 7. The highest BCUT2D eigenvalue weighted by Gasteiger charge is 2.50. The minimum Gasteiger partial charge on any atom is -0.507 e. The topological polar surface area (TPSA) is 226 Å². The molecule has 2 saturated heterocycles. The third kappa shape index (κ3) is 5.04. The predicted octanol–water partition coefficient (Wildman–Crippen LogP) is 0.244. The van der Waals surface area contributed by atoms with Crippen LogP contribution in [0.3, 0.4) is 0 Å². The second-order valence-corrected chi connectivity index (χ2v) is 12.3. The number of benzene rings is 2. The van der Waals surface area contributed by atoms with E-state index in [0.29, 0.717) is 13.2 Å². The number of fused-ring (bicyclic) bond motifs is 3. The molecule has 246 valence electrons. The zero-order chi connectivity index (χ0) is 33.1. The molecule has 46 heavy (non-hydrogen) atoms. The van der Waals surface area contributed by atoms with Gasteiger partial charge in [0.15, 0.2) is 12.1 Å². The molecule has 2 heterocycles. The van der Waals surface area contributed by atoms with Crippen molar-refractivity contribution in [3.8, 4) is 23.3 Å². The van der Waals surface area contributed by atoms with Crippen molar-refractivity contribution in [3.63, 3.8) is 0 Å². The lowest BCUT2D eigenvalue weighted by atomic mass is 9.71. The summed E-state index contributed by atoms with van der Waals surface area (Å²) in [5, 5.41) is 85.3. The van der Waals surface area contributed by atoms with Gasteiger partial charge in [-0.25, -0.2) is 0 Å². The Morgan fingerprint density at radius 3 is 2.70 bits per heavy atom. The van der Waals surface area contributed by atoms with Gasteiger partial charge in [-0.1, -0.05) is 12.1 Å². The summed E-state index contributed by atoms with van der Waals surface area (Å²) >= 11 is 0. The molecule has 0 radical (unpaired) electrons. The Morgan fingerprint density at radius 2 is 2.00 bits per heavy atom. The minimum absolute atomic E-state index is 0.0119. The van der Waals surface area contributed by atoms with Crippen LogP contribution in [0.2, 0.25) is 0 Å². The Labute approximate surface area is 264 Å². The van der Waals surface area contributed by atoms with Crippen LogP contribution in [0.15, 0.2) is 18.2 Å². The van der Waals surface area contributed by atoms with Gasteiger partial charge < -0.3 is 49.6 Å². The number of aliphatic hydroxyl groups excluding tert-OH is 3. The molecule has 0 spiro atoms. The molecule has 14 nitrogen and oxygen atoms in total. The Kier molecular flexibility index (Phi) is 8.55. The van der Waals surface area contributed by atoms with E-state index in [-0.39, 0.29) is 64.3 Å². The minimum atomic E-state index is -2.06. The molecule has 14 heteroatoms. The zero-order valence-corrected chi connectivity index (χ0v) is 25.3. The lowest BCUT2D eigenvalue weighted by molar-refractivity contribution is -0.265. The van der Waals surface area contributed by atoms with E-state index in [2.05, 4.69) is 6.07 Å². The van der Waals surface area contributed by atoms with Crippen LogP contribution in [-0.4, -0.2) is 123 Å². The van der Waals surface area contributed by atoms with Gasteiger partial charge in [0.1, 0.15) is 29.4 Å². The lowest BCUT2D eigenvalue weighted by Crippen LogP contribution is -2.60. The molecule has 2 aromatic rings. The number of carbonyl (C=O) groups excluding carboxylic acids is 1. The Hall–Kier alpha value is -3.65. The van der Waals surface area contributed by atoms with Crippen LogP contribution in [0.1, 0.15) is 64.0 Å². The first kappa shape index (κ1) is 32.3. The molecule has 2 aliphatic heterocycles. The Balaban J connectivity index is 1.44. The highest BCUT2D eigenvalue weighted by Crippen LogP contribution is 2.53. The van der Waals surface area contributed by atoms with Crippen molar-refractivity contribution in [1.82, 2.24) is 4.90 Å². The van der Waals surface area contributed by atoms with Gasteiger partial charge in [-0.2, -0.15) is 5.26 Å². The summed E-state index contributed by atoms with van der Waals surface area (Å²) in [6.07, 6.45) is -6.50. The standard InChI is InChI=1S/C32H37N3O11/c1-14-28(38)18(35-6-7-44-13-15(35)11-33)8-22(45-14)46-20-10-32(42,21(37)12-36)9-17-24(20)31(41)25-26(30(17)40)29(39)16-4-3-5-19(43-2)23(16)27(25)34/h3-5,14-15,18,20-22,28,34,36-38,40-42H,6-10,12-13H2,1-2H3/t14?,15?,18?,20?,21?,22?,28?,32-/m0/s1. The number of phenolic OH excluding ortho intramolecular Hbond substituents is 2. The van der Waals surface area contributed by atoms with E-state index < -0.39 is 78.7 Å². The van der Waals surface area contributed by atoms with E-state index in [1.807, 2.05) is 4.90 Å². The molecule has 4 aliphatic rings. The van der Waals surface area contributed by atoms with E-state index in [1.165, 1.54) is 13.2 Å². The molecule has 7 unspecified atom stereocenters. The summed E-state index contributed by atoms with van der Waals surface area (Å²) in [6, 6.07) is 5.62. The lowest BCUT2D eigenvalue weighted by Gasteiger charge is -2.47. The summed E-state index contributed by atoms with van der Waals surface area (Å²) in [4.78, 5) is 15.6. The van der Waals surface area contributed by atoms with Gasteiger partial charge in [0, 0.05) is 48.5 Å². The van der Waals surface area contributed by atoms with Crippen LogP contribution in [-0.2, 0) is 20.6 Å². The number of methoxy groups -OCH3 is 1. The van der Waals surface area contributed by atoms with Crippen LogP contribution in [0, 0.1) is 16.7 Å². The number of ketones is 1. The molecule has 0 bridgehead atoms. The molecular weight excluding hydrogens is 602 g/mol. The first-order chi connectivity index (χ1) is 21.9. The number of phenols is 2. The number of aliphatic hydroxyl groups is 4.